The van der Waals surface area contributed by atoms with E-state index in [9.17, 15) is 0 Å². The molecule has 88 valence electrons. The first-order valence-electron chi connectivity index (χ1n) is 5.84. The first kappa shape index (κ1) is 14.5. The summed E-state index contributed by atoms with van der Waals surface area (Å²) in [4.78, 5) is 0. The number of nitrogens with zero attached hydrogens (tertiary/aromatic N) is 2. The Morgan fingerprint density at radius 2 is 1.87 bits per heavy atom. The second-order valence-corrected chi connectivity index (χ2v) is 3.94. The molecule has 0 aliphatic heterocycles. The van der Waals surface area contributed by atoms with Gasteiger partial charge in [-0.25, -0.2) is 9.13 Å². The molecule has 0 unspecified atom stereocenters. The van der Waals surface area contributed by atoms with Crippen molar-refractivity contribution in [2.45, 2.75) is 59.5 Å². The Kier molecular flexibility index (Phi) is 7.49. The lowest BCUT2D eigenvalue weighted by Gasteiger charge is -1.99. The van der Waals surface area contributed by atoms with Crippen molar-refractivity contribution in [3.8, 4) is 0 Å². The topological polar surface area (TPSA) is 8.81 Å². The smallest absolute Gasteiger partial charge is 0.253 e. The van der Waals surface area contributed by atoms with Gasteiger partial charge in [-0.1, -0.05) is 26.7 Å². The van der Waals surface area contributed by atoms with Crippen molar-refractivity contribution in [2.75, 3.05) is 0 Å². The Hall–Kier alpha value is -0.500. The minimum absolute atomic E-state index is 0. The average molecular weight is 231 g/mol. The van der Waals surface area contributed by atoms with E-state index in [0.717, 1.165) is 0 Å². The number of hydrogen-bond acceptors (Lipinski definition) is 0. The minimum atomic E-state index is 0. The Morgan fingerprint density at radius 3 is 2.47 bits per heavy atom. The van der Waals surface area contributed by atoms with Gasteiger partial charge in [0, 0.05) is 6.92 Å². The largest absolute Gasteiger partial charge is 1.00 e. The average Bonchev–Trinajstić information content (AvgIpc) is 2.54. The number of halogens is 1. The van der Waals surface area contributed by atoms with Gasteiger partial charge in [0.25, 0.3) is 5.82 Å². The Morgan fingerprint density at radius 1 is 1.20 bits per heavy atom. The van der Waals surface area contributed by atoms with Gasteiger partial charge in [0.2, 0.25) is 0 Å². The highest BCUT2D eigenvalue weighted by Crippen LogP contribution is 1.99. The quantitative estimate of drug-likeness (QED) is 0.593. The summed E-state index contributed by atoms with van der Waals surface area (Å²) in [5.41, 5.74) is 0. The van der Waals surface area contributed by atoms with Gasteiger partial charge in [-0.2, -0.15) is 0 Å². The second kappa shape index (κ2) is 7.75. The van der Waals surface area contributed by atoms with E-state index in [1.807, 2.05) is 0 Å². The number of aryl methyl sites for hydroxylation is 2. The molecule has 15 heavy (non-hydrogen) atoms. The third kappa shape index (κ3) is 4.25. The van der Waals surface area contributed by atoms with Crippen LogP contribution in [0.5, 0.6) is 0 Å². The van der Waals surface area contributed by atoms with Crippen LogP contribution in [0.4, 0.5) is 0 Å². The summed E-state index contributed by atoms with van der Waals surface area (Å²) >= 11 is 0. The first-order chi connectivity index (χ1) is 6.79. The second-order valence-electron chi connectivity index (χ2n) is 3.94. The van der Waals surface area contributed by atoms with Crippen molar-refractivity contribution in [1.82, 2.24) is 4.57 Å². The lowest BCUT2D eigenvalue weighted by Crippen LogP contribution is -3.00. The number of imidazole rings is 1. The van der Waals surface area contributed by atoms with E-state index in [4.69, 9.17) is 0 Å². The molecule has 0 aliphatic carbocycles. The van der Waals surface area contributed by atoms with Gasteiger partial charge in [0.05, 0.1) is 13.1 Å². The number of rotatable bonds is 6. The summed E-state index contributed by atoms with van der Waals surface area (Å²) in [5.74, 6) is 1.40. The molecule has 0 saturated heterocycles. The van der Waals surface area contributed by atoms with Gasteiger partial charge in [0.15, 0.2) is 0 Å². The molecule has 0 saturated carbocycles. The van der Waals surface area contributed by atoms with Crippen molar-refractivity contribution in [3.05, 3.63) is 18.2 Å². The molecule has 1 aromatic heterocycles. The zero-order valence-corrected chi connectivity index (χ0v) is 10.9. The van der Waals surface area contributed by atoms with E-state index in [0.29, 0.717) is 0 Å². The van der Waals surface area contributed by atoms with Crippen LogP contribution in [0.3, 0.4) is 0 Å². The van der Waals surface area contributed by atoms with E-state index in [2.05, 4.69) is 42.3 Å². The highest BCUT2D eigenvalue weighted by Gasteiger charge is 2.10. The summed E-state index contributed by atoms with van der Waals surface area (Å²) in [6.45, 7) is 9.03. The van der Waals surface area contributed by atoms with E-state index in [1.165, 1.54) is 44.6 Å². The van der Waals surface area contributed by atoms with Crippen molar-refractivity contribution < 1.29 is 17.0 Å². The molecular formula is C12H23ClN2. The summed E-state index contributed by atoms with van der Waals surface area (Å²) in [5, 5.41) is 0. The van der Waals surface area contributed by atoms with E-state index < -0.39 is 0 Å². The van der Waals surface area contributed by atoms with Crippen LogP contribution in [0.1, 0.15) is 45.4 Å². The predicted octanol–water partition coefficient (Wildman–Crippen LogP) is -0.312. The van der Waals surface area contributed by atoms with E-state index in [1.54, 1.807) is 0 Å². The lowest BCUT2D eigenvalue weighted by molar-refractivity contribution is -0.702. The van der Waals surface area contributed by atoms with Gasteiger partial charge < -0.3 is 12.4 Å². The molecule has 0 amide bonds. The number of aromatic nitrogens is 2. The van der Waals surface area contributed by atoms with Crippen LogP contribution >= 0.6 is 0 Å². The van der Waals surface area contributed by atoms with Gasteiger partial charge in [0.1, 0.15) is 12.4 Å². The van der Waals surface area contributed by atoms with Crippen molar-refractivity contribution in [1.29, 1.82) is 0 Å². The van der Waals surface area contributed by atoms with E-state index >= 15 is 0 Å². The van der Waals surface area contributed by atoms with Gasteiger partial charge >= 0.3 is 0 Å². The SMILES string of the molecule is CCCCn1cc[n+](CCCC)c1C.[Cl-]. The Bertz CT molecular complexity index is 243. The fourth-order valence-electron chi connectivity index (χ4n) is 1.67. The fraction of sp³-hybridized carbons (Fsp3) is 0.750. The highest BCUT2D eigenvalue weighted by atomic mass is 35.5. The van der Waals surface area contributed by atoms with Crippen LogP contribution in [0, 0.1) is 6.92 Å². The monoisotopic (exact) mass is 230 g/mol. The molecule has 2 nitrogen and oxygen atoms in total. The zero-order chi connectivity index (χ0) is 10.4. The molecule has 1 aromatic rings. The van der Waals surface area contributed by atoms with Crippen LogP contribution in [0.15, 0.2) is 12.4 Å². The molecule has 0 bridgehead atoms. The lowest BCUT2D eigenvalue weighted by atomic mass is 10.3. The molecular weight excluding hydrogens is 208 g/mol. The van der Waals surface area contributed by atoms with Crippen LogP contribution < -0.4 is 17.0 Å². The maximum atomic E-state index is 2.36. The van der Waals surface area contributed by atoms with Crippen molar-refractivity contribution in [2.24, 2.45) is 0 Å². The minimum Gasteiger partial charge on any atom is -1.00 e. The zero-order valence-electron chi connectivity index (χ0n) is 10.2. The van der Waals surface area contributed by atoms with Crippen LogP contribution in [-0.2, 0) is 13.1 Å². The van der Waals surface area contributed by atoms with Crippen LogP contribution in [-0.4, -0.2) is 4.57 Å². The Labute approximate surface area is 99.7 Å². The third-order valence-electron chi connectivity index (χ3n) is 2.76. The summed E-state index contributed by atoms with van der Waals surface area (Å²) in [6, 6.07) is 0. The maximum absolute atomic E-state index is 2.36. The first-order valence-corrected chi connectivity index (χ1v) is 5.84. The molecule has 0 atom stereocenters. The third-order valence-corrected chi connectivity index (χ3v) is 2.76. The van der Waals surface area contributed by atoms with Crippen molar-refractivity contribution >= 4 is 0 Å². The molecule has 0 N–H and O–H groups in total. The molecule has 0 fully saturated rings. The molecule has 3 heteroatoms. The van der Waals surface area contributed by atoms with Crippen molar-refractivity contribution in [3.63, 3.8) is 0 Å². The summed E-state index contributed by atoms with van der Waals surface area (Å²) in [6.07, 6.45) is 9.52. The van der Waals surface area contributed by atoms with Gasteiger partial charge in [-0.05, 0) is 12.8 Å². The molecule has 0 aliphatic rings. The fourth-order valence-corrected chi connectivity index (χ4v) is 1.67. The van der Waals surface area contributed by atoms with Gasteiger partial charge in [-0.3, -0.25) is 0 Å². The summed E-state index contributed by atoms with van der Waals surface area (Å²) in [7, 11) is 0. The predicted molar refractivity (Wildman–Crippen MR) is 59.2 cm³/mol. The molecule has 0 aromatic carbocycles. The molecule has 1 rings (SSSR count). The number of unbranched alkanes of at least 4 members (excludes halogenated alkanes) is 2. The normalized spacial score (nSPS) is 10.1. The summed E-state index contributed by atoms with van der Waals surface area (Å²) < 4.78 is 4.72. The molecule has 0 radical (unpaired) electrons. The Balaban J connectivity index is 0.00000196. The van der Waals surface area contributed by atoms with Gasteiger partial charge in [-0.15, -0.1) is 0 Å². The van der Waals surface area contributed by atoms with Crippen LogP contribution in [0.25, 0.3) is 0 Å². The number of hydrogen-bond donors (Lipinski definition) is 0. The van der Waals surface area contributed by atoms with E-state index in [-0.39, 0.29) is 12.4 Å². The highest BCUT2D eigenvalue weighted by molar-refractivity contribution is 4.79. The maximum Gasteiger partial charge on any atom is 0.253 e. The molecule has 1 heterocycles. The standard InChI is InChI=1S/C12H23N2.ClH/c1-4-6-8-13-10-11-14(12(13)3)9-7-5-2;/h10-11H,4-9H2,1-3H3;1H/q+1;/p-1. The van der Waals surface area contributed by atoms with Crippen LogP contribution in [0.2, 0.25) is 0 Å². The molecule has 0 spiro atoms.